The summed E-state index contributed by atoms with van der Waals surface area (Å²) < 4.78 is 0. The number of nitrogens with one attached hydrogen (secondary N) is 1. The zero-order valence-corrected chi connectivity index (χ0v) is 14.4. The lowest BCUT2D eigenvalue weighted by Crippen LogP contribution is -2.26. The van der Waals surface area contributed by atoms with Crippen molar-refractivity contribution in [3.63, 3.8) is 0 Å². The van der Waals surface area contributed by atoms with E-state index in [1.165, 1.54) is 0 Å². The van der Waals surface area contributed by atoms with E-state index in [4.69, 9.17) is 5.21 Å². The van der Waals surface area contributed by atoms with Gasteiger partial charge in [0.2, 0.25) is 5.91 Å². The summed E-state index contributed by atoms with van der Waals surface area (Å²) in [5.74, 6) is -0.170. The maximum absolute atomic E-state index is 11.1. The summed E-state index contributed by atoms with van der Waals surface area (Å²) in [5.41, 5.74) is 2.21. The predicted molar refractivity (Wildman–Crippen MR) is 95.6 cm³/mol. The Morgan fingerprint density at radius 2 is 1.42 bits per heavy atom. The van der Waals surface area contributed by atoms with Gasteiger partial charge in [-0.05, 0) is 48.2 Å². The van der Waals surface area contributed by atoms with Crippen LogP contribution >= 0.6 is 0 Å². The third kappa shape index (κ3) is 4.52. The molecule has 26 heavy (non-hydrogen) atoms. The Morgan fingerprint density at radius 1 is 0.923 bits per heavy atom. The highest BCUT2D eigenvalue weighted by molar-refractivity contribution is 5.74. The molecule has 2 aromatic carbocycles. The molecule has 2 rings (SSSR count). The van der Waals surface area contributed by atoms with E-state index >= 15 is 0 Å². The second-order valence-electron chi connectivity index (χ2n) is 6.21. The van der Waals surface area contributed by atoms with E-state index in [2.05, 4.69) is 6.07 Å². The monoisotopic (exact) mass is 354 g/mol. The highest BCUT2D eigenvalue weighted by Gasteiger charge is 2.34. The van der Waals surface area contributed by atoms with Gasteiger partial charge in [-0.1, -0.05) is 37.1 Å². The number of hydrogen-bond donors (Lipinski definition) is 4. The van der Waals surface area contributed by atoms with Gasteiger partial charge in [0.1, 0.15) is 16.9 Å². The van der Waals surface area contributed by atoms with E-state index in [-0.39, 0.29) is 17.9 Å². The number of hydroxylamine groups is 1. The first-order valence-electron chi connectivity index (χ1n) is 8.45. The van der Waals surface area contributed by atoms with Gasteiger partial charge < -0.3 is 10.2 Å². The van der Waals surface area contributed by atoms with E-state index < -0.39 is 11.3 Å². The molecule has 136 valence electrons. The SMILES string of the molecule is N#CC(CCCCCC(=O)NO)(c1ccc(O)cc1)c1ccc(O)cc1. The summed E-state index contributed by atoms with van der Waals surface area (Å²) in [4.78, 5) is 11.1. The molecule has 0 saturated carbocycles. The van der Waals surface area contributed by atoms with Crippen LogP contribution in [0.15, 0.2) is 48.5 Å². The van der Waals surface area contributed by atoms with Crippen LogP contribution in [0.25, 0.3) is 0 Å². The molecular formula is C20H22N2O4. The molecule has 0 fully saturated rings. The van der Waals surface area contributed by atoms with Crippen LogP contribution in [0.1, 0.15) is 43.2 Å². The number of unbranched alkanes of at least 4 members (excludes halogenated alkanes) is 2. The van der Waals surface area contributed by atoms with E-state index in [9.17, 15) is 20.3 Å². The Hall–Kier alpha value is -3.04. The minimum Gasteiger partial charge on any atom is -0.508 e. The lowest BCUT2D eigenvalue weighted by molar-refractivity contribution is -0.129. The number of phenolic OH excluding ortho intramolecular Hbond substituents is 2. The molecule has 6 heteroatoms. The number of nitriles is 1. The van der Waals surface area contributed by atoms with E-state index in [1.807, 2.05) is 0 Å². The molecule has 0 radical (unpaired) electrons. The molecule has 0 aliphatic carbocycles. The number of carbonyl (C=O) groups excluding carboxylic acids is 1. The van der Waals surface area contributed by atoms with Crippen molar-refractivity contribution >= 4 is 5.91 Å². The maximum atomic E-state index is 11.1. The van der Waals surface area contributed by atoms with E-state index in [0.29, 0.717) is 19.3 Å². The molecule has 1 amide bonds. The van der Waals surface area contributed by atoms with Crippen molar-refractivity contribution in [1.29, 1.82) is 5.26 Å². The predicted octanol–water partition coefficient (Wildman–Crippen LogP) is 3.36. The largest absolute Gasteiger partial charge is 0.508 e. The Balaban J connectivity index is 2.23. The Kier molecular flexibility index (Phi) is 6.59. The van der Waals surface area contributed by atoms with Crippen LogP contribution in [0.3, 0.4) is 0 Å². The van der Waals surface area contributed by atoms with Gasteiger partial charge in [0, 0.05) is 6.42 Å². The van der Waals surface area contributed by atoms with Crippen molar-refractivity contribution < 1.29 is 20.2 Å². The molecule has 0 aliphatic rings. The quantitative estimate of drug-likeness (QED) is 0.330. The average molecular weight is 354 g/mol. The fourth-order valence-electron chi connectivity index (χ4n) is 3.04. The number of amides is 1. The van der Waals surface area contributed by atoms with Crippen LogP contribution in [-0.2, 0) is 10.2 Å². The average Bonchev–Trinajstić information content (AvgIpc) is 2.66. The third-order valence-corrected chi connectivity index (χ3v) is 4.49. The van der Waals surface area contributed by atoms with Crippen LogP contribution in [0.4, 0.5) is 0 Å². The second-order valence-corrected chi connectivity index (χ2v) is 6.21. The highest BCUT2D eigenvalue weighted by atomic mass is 16.5. The van der Waals surface area contributed by atoms with Crippen LogP contribution in [0.2, 0.25) is 0 Å². The molecule has 2 aromatic rings. The Morgan fingerprint density at radius 3 is 1.85 bits per heavy atom. The summed E-state index contributed by atoms with van der Waals surface area (Å²) >= 11 is 0. The van der Waals surface area contributed by atoms with Crippen molar-refractivity contribution in [2.45, 2.75) is 37.5 Å². The standard InChI is InChI=1S/C20H22N2O4/c21-14-20(15-5-9-17(23)10-6-15,16-7-11-18(24)12-8-16)13-3-1-2-4-19(25)22-26/h5-12,23-24,26H,1-4,13H2,(H,22,25). The number of hydrogen-bond acceptors (Lipinski definition) is 5. The number of aromatic hydroxyl groups is 2. The molecular weight excluding hydrogens is 332 g/mol. The molecule has 0 aliphatic heterocycles. The summed E-state index contributed by atoms with van der Waals surface area (Å²) in [7, 11) is 0. The third-order valence-electron chi connectivity index (χ3n) is 4.49. The Labute approximate surface area is 152 Å². The zero-order valence-electron chi connectivity index (χ0n) is 14.4. The molecule has 0 atom stereocenters. The van der Waals surface area contributed by atoms with Crippen molar-refractivity contribution in [2.24, 2.45) is 0 Å². The van der Waals surface area contributed by atoms with Crippen LogP contribution in [0, 0.1) is 11.3 Å². The zero-order chi connectivity index (χ0) is 19.0. The lowest BCUT2D eigenvalue weighted by Gasteiger charge is -2.28. The minimum absolute atomic E-state index is 0.126. The molecule has 0 unspecified atom stereocenters. The maximum Gasteiger partial charge on any atom is 0.243 e. The van der Waals surface area contributed by atoms with Crippen LogP contribution in [-0.4, -0.2) is 21.3 Å². The van der Waals surface area contributed by atoms with Gasteiger partial charge in [-0.2, -0.15) is 5.26 Å². The summed E-state index contributed by atoms with van der Waals surface area (Å²) in [6.45, 7) is 0. The molecule has 0 heterocycles. The van der Waals surface area contributed by atoms with Gasteiger partial charge in [0.25, 0.3) is 0 Å². The van der Waals surface area contributed by atoms with E-state index in [1.54, 1.807) is 54.0 Å². The number of rotatable bonds is 8. The van der Waals surface area contributed by atoms with Gasteiger partial charge in [-0.25, -0.2) is 5.48 Å². The molecule has 0 aromatic heterocycles. The normalized spacial score (nSPS) is 10.9. The smallest absolute Gasteiger partial charge is 0.243 e. The number of phenols is 2. The van der Waals surface area contributed by atoms with Crippen molar-refractivity contribution in [2.75, 3.05) is 0 Å². The highest BCUT2D eigenvalue weighted by Crippen LogP contribution is 2.38. The molecule has 0 saturated heterocycles. The van der Waals surface area contributed by atoms with Gasteiger partial charge in [0.15, 0.2) is 0 Å². The van der Waals surface area contributed by atoms with Gasteiger partial charge in [-0.15, -0.1) is 0 Å². The molecule has 4 N–H and O–H groups in total. The number of carbonyl (C=O) groups is 1. The first kappa shape index (κ1) is 19.3. The first-order valence-corrected chi connectivity index (χ1v) is 8.45. The second kappa shape index (κ2) is 8.88. The van der Waals surface area contributed by atoms with Crippen LogP contribution in [0.5, 0.6) is 11.5 Å². The van der Waals surface area contributed by atoms with Crippen LogP contribution < -0.4 is 5.48 Å². The van der Waals surface area contributed by atoms with Crippen molar-refractivity contribution in [1.82, 2.24) is 5.48 Å². The summed E-state index contributed by atoms with van der Waals surface area (Å²) in [6.07, 6.45) is 2.80. The topological polar surface area (TPSA) is 114 Å². The van der Waals surface area contributed by atoms with E-state index in [0.717, 1.165) is 17.5 Å². The first-order chi connectivity index (χ1) is 12.5. The van der Waals surface area contributed by atoms with Gasteiger partial charge in [-0.3, -0.25) is 10.0 Å². The fraction of sp³-hybridized carbons (Fsp3) is 0.300. The lowest BCUT2D eigenvalue weighted by atomic mass is 9.72. The number of benzene rings is 2. The van der Waals surface area contributed by atoms with Crippen molar-refractivity contribution in [3.8, 4) is 17.6 Å². The molecule has 0 bridgehead atoms. The summed E-state index contributed by atoms with van der Waals surface area (Å²) in [6, 6.07) is 15.5. The number of nitrogens with zero attached hydrogens (tertiary/aromatic N) is 1. The summed E-state index contributed by atoms with van der Waals surface area (Å²) in [5, 5.41) is 37.6. The fourth-order valence-corrected chi connectivity index (χ4v) is 3.04. The van der Waals surface area contributed by atoms with Gasteiger partial charge >= 0.3 is 0 Å². The molecule has 6 nitrogen and oxygen atoms in total. The molecule has 0 spiro atoms. The Bertz CT molecular complexity index is 718. The van der Waals surface area contributed by atoms with Crippen molar-refractivity contribution in [3.05, 3.63) is 59.7 Å². The minimum atomic E-state index is -0.916. The van der Waals surface area contributed by atoms with Gasteiger partial charge in [0.05, 0.1) is 6.07 Å².